The zero-order valence-electron chi connectivity index (χ0n) is 7.21. The lowest BCUT2D eigenvalue weighted by molar-refractivity contribution is 1.25. The molecule has 0 saturated carbocycles. The van der Waals surface area contributed by atoms with Crippen molar-refractivity contribution in [3.05, 3.63) is 40.4 Å². The maximum atomic E-state index is 5.81. The van der Waals surface area contributed by atoms with E-state index in [2.05, 4.69) is 26.3 Å². The topological polar surface area (TPSA) is 12.9 Å². The molecule has 4 heteroatoms. The minimum Gasteiger partial charge on any atom is -0.240 e. The minimum absolute atomic E-state index is 0.756. The fourth-order valence-corrected chi connectivity index (χ4v) is 2.55. The Morgan fingerprint density at radius 1 is 1.29 bits per heavy atom. The molecule has 0 amide bonds. The molecule has 0 aliphatic rings. The standard InChI is InChI=1S/C10H7BrClNS/c11-5-9-6-14-10(13-9)7-1-3-8(12)4-2-7/h1-4,6H,5H2. The third-order valence-corrected chi connectivity index (χ3v) is 3.55. The Bertz CT molecular complexity index is 424. The molecular formula is C10H7BrClNS. The molecule has 14 heavy (non-hydrogen) atoms. The lowest BCUT2D eigenvalue weighted by atomic mass is 10.2. The zero-order valence-corrected chi connectivity index (χ0v) is 10.4. The van der Waals surface area contributed by atoms with Crippen LogP contribution in [0.2, 0.25) is 5.02 Å². The molecule has 0 bridgehead atoms. The Kier molecular flexibility index (Phi) is 3.21. The Labute approximate surface area is 99.9 Å². The van der Waals surface area contributed by atoms with Crippen LogP contribution in [-0.2, 0) is 5.33 Å². The van der Waals surface area contributed by atoms with Crippen LogP contribution >= 0.6 is 38.9 Å². The van der Waals surface area contributed by atoms with Crippen molar-refractivity contribution in [2.45, 2.75) is 5.33 Å². The van der Waals surface area contributed by atoms with Crippen molar-refractivity contribution < 1.29 is 0 Å². The summed E-state index contributed by atoms with van der Waals surface area (Å²) in [4.78, 5) is 4.46. The molecule has 0 spiro atoms. The summed E-state index contributed by atoms with van der Waals surface area (Å²) in [7, 11) is 0. The summed E-state index contributed by atoms with van der Waals surface area (Å²) in [6.07, 6.45) is 0. The van der Waals surface area contributed by atoms with Gasteiger partial charge >= 0.3 is 0 Å². The Balaban J connectivity index is 2.34. The molecule has 1 nitrogen and oxygen atoms in total. The van der Waals surface area contributed by atoms with Crippen LogP contribution < -0.4 is 0 Å². The molecule has 0 saturated heterocycles. The third-order valence-electron chi connectivity index (χ3n) is 1.78. The number of nitrogens with zero attached hydrogens (tertiary/aromatic N) is 1. The van der Waals surface area contributed by atoms with Crippen molar-refractivity contribution in [1.29, 1.82) is 0 Å². The van der Waals surface area contributed by atoms with Crippen molar-refractivity contribution in [2.24, 2.45) is 0 Å². The van der Waals surface area contributed by atoms with Gasteiger partial charge in [0.15, 0.2) is 0 Å². The first-order chi connectivity index (χ1) is 6.79. The van der Waals surface area contributed by atoms with Crippen LogP contribution in [0.5, 0.6) is 0 Å². The quantitative estimate of drug-likeness (QED) is 0.748. The highest BCUT2D eigenvalue weighted by molar-refractivity contribution is 9.08. The van der Waals surface area contributed by atoms with Gasteiger partial charge in [0.25, 0.3) is 0 Å². The first-order valence-corrected chi connectivity index (χ1v) is 6.44. The molecule has 0 fully saturated rings. The van der Waals surface area contributed by atoms with Gasteiger partial charge in [0.2, 0.25) is 0 Å². The number of rotatable bonds is 2. The summed E-state index contributed by atoms with van der Waals surface area (Å²) in [5.74, 6) is 0. The van der Waals surface area contributed by atoms with Crippen molar-refractivity contribution in [3.8, 4) is 10.6 Å². The zero-order chi connectivity index (χ0) is 9.97. The number of halogens is 2. The Morgan fingerprint density at radius 2 is 2.00 bits per heavy atom. The van der Waals surface area contributed by atoms with E-state index in [9.17, 15) is 0 Å². The maximum Gasteiger partial charge on any atom is 0.123 e. The van der Waals surface area contributed by atoms with Gasteiger partial charge in [-0.25, -0.2) is 4.98 Å². The predicted molar refractivity (Wildman–Crippen MR) is 65.2 cm³/mol. The van der Waals surface area contributed by atoms with Gasteiger partial charge in [-0.15, -0.1) is 11.3 Å². The smallest absolute Gasteiger partial charge is 0.123 e. The number of thiazole rings is 1. The average Bonchev–Trinajstić information content (AvgIpc) is 2.67. The van der Waals surface area contributed by atoms with Gasteiger partial charge in [-0.1, -0.05) is 39.7 Å². The van der Waals surface area contributed by atoms with Crippen molar-refractivity contribution in [3.63, 3.8) is 0 Å². The van der Waals surface area contributed by atoms with E-state index in [1.54, 1.807) is 11.3 Å². The van der Waals surface area contributed by atoms with Gasteiger partial charge in [-0.3, -0.25) is 0 Å². The fourth-order valence-electron chi connectivity index (χ4n) is 1.09. The van der Waals surface area contributed by atoms with Gasteiger partial charge in [0.05, 0.1) is 5.69 Å². The number of hydrogen-bond donors (Lipinski definition) is 0. The van der Waals surface area contributed by atoms with Gasteiger partial charge in [0, 0.05) is 21.3 Å². The highest BCUT2D eigenvalue weighted by Crippen LogP contribution is 2.25. The van der Waals surface area contributed by atoms with E-state index in [1.165, 1.54) is 0 Å². The first kappa shape index (κ1) is 10.1. The van der Waals surface area contributed by atoms with Crippen molar-refractivity contribution >= 4 is 38.9 Å². The molecule has 2 rings (SSSR count). The SMILES string of the molecule is Clc1ccc(-c2nc(CBr)cs2)cc1. The van der Waals surface area contributed by atoms with E-state index in [0.717, 1.165) is 26.6 Å². The molecule has 2 aromatic rings. The van der Waals surface area contributed by atoms with E-state index in [-0.39, 0.29) is 0 Å². The summed E-state index contributed by atoms with van der Waals surface area (Å²) in [6.45, 7) is 0. The predicted octanol–water partition coefficient (Wildman–Crippen LogP) is 4.36. The molecule has 0 atom stereocenters. The lowest BCUT2D eigenvalue weighted by Gasteiger charge is -1.95. The molecule has 0 aliphatic heterocycles. The molecule has 1 heterocycles. The van der Waals surface area contributed by atoms with Crippen LogP contribution in [0, 0.1) is 0 Å². The van der Waals surface area contributed by atoms with Crippen LogP contribution in [-0.4, -0.2) is 4.98 Å². The average molecular weight is 289 g/mol. The first-order valence-electron chi connectivity index (χ1n) is 4.06. The molecule has 0 N–H and O–H groups in total. The monoisotopic (exact) mass is 287 g/mol. The van der Waals surface area contributed by atoms with Gasteiger partial charge in [-0.05, 0) is 12.1 Å². The molecule has 0 aliphatic carbocycles. The minimum atomic E-state index is 0.756. The van der Waals surface area contributed by atoms with Crippen molar-refractivity contribution in [1.82, 2.24) is 4.98 Å². The summed E-state index contributed by atoms with van der Waals surface area (Å²) in [5, 5.41) is 4.65. The van der Waals surface area contributed by atoms with Crippen molar-refractivity contribution in [2.75, 3.05) is 0 Å². The van der Waals surface area contributed by atoms with Crippen LogP contribution in [0.3, 0.4) is 0 Å². The van der Waals surface area contributed by atoms with Crippen LogP contribution in [0.25, 0.3) is 10.6 Å². The normalized spacial score (nSPS) is 10.4. The molecule has 72 valence electrons. The van der Waals surface area contributed by atoms with Crippen LogP contribution in [0.1, 0.15) is 5.69 Å². The summed E-state index contributed by atoms with van der Waals surface area (Å²) < 4.78 is 0. The van der Waals surface area contributed by atoms with Gasteiger partial charge < -0.3 is 0 Å². The molecule has 1 aromatic heterocycles. The number of aromatic nitrogens is 1. The van der Waals surface area contributed by atoms with Crippen LogP contribution in [0.4, 0.5) is 0 Å². The largest absolute Gasteiger partial charge is 0.240 e. The second-order valence-corrected chi connectivity index (χ2v) is 4.64. The van der Waals surface area contributed by atoms with Crippen LogP contribution in [0.15, 0.2) is 29.6 Å². The summed E-state index contributed by atoms with van der Waals surface area (Å²) in [5.41, 5.74) is 2.19. The van der Waals surface area contributed by atoms with E-state index in [1.807, 2.05) is 24.3 Å². The Morgan fingerprint density at radius 3 is 2.57 bits per heavy atom. The lowest BCUT2D eigenvalue weighted by Crippen LogP contribution is -1.78. The van der Waals surface area contributed by atoms with Gasteiger partial charge in [0.1, 0.15) is 5.01 Å². The molecule has 1 aromatic carbocycles. The van der Waals surface area contributed by atoms with E-state index in [0.29, 0.717) is 0 Å². The highest BCUT2D eigenvalue weighted by Gasteiger charge is 2.03. The molecule has 0 radical (unpaired) electrons. The van der Waals surface area contributed by atoms with E-state index >= 15 is 0 Å². The fraction of sp³-hybridized carbons (Fsp3) is 0.100. The summed E-state index contributed by atoms with van der Waals surface area (Å²) >= 11 is 10.8. The number of alkyl halides is 1. The molecule has 0 unspecified atom stereocenters. The maximum absolute atomic E-state index is 5.81. The number of hydrogen-bond acceptors (Lipinski definition) is 2. The summed E-state index contributed by atoms with van der Waals surface area (Å²) in [6, 6.07) is 7.73. The second-order valence-electron chi connectivity index (χ2n) is 2.78. The number of benzene rings is 1. The van der Waals surface area contributed by atoms with E-state index in [4.69, 9.17) is 11.6 Å². The highest BCUT2D eigenvalue weighted by atomic mass is 79.9. The molecular weight excluding hydrogens is 282 g/mol. The third kappa shape index (κ3) is 2.16. The Hall–Kier alpha value is -0.380. The van der Waals surface area contributed by atoms with E-state index < -0.39 is 0 Å². The van der Waals surface area contributed by atoms with Gasteiger partial charge in [-0.2, -0.15) is 0 Å². The second kappa shape index (κ2) is 4.43.